The number of aromatic nitrogens is 3. The van der Waals surface area contributed by atoms with E-state index in [-0.39, 0.29) is 0 Å². The summed E-state index contributed by atoms with van der Waals surface area (Å²) in [5.74, 6) is 2.88. The average Bonchev–Trinajstić information content (AvgIpc) is 2.92. The fraction of sp³-hybridized carbons (Fsp3) is 0.133. The van der Waals surface area contributed by atoms with Gasteiger partial charge in [-0.25, -0.2) is 15.0 Å². The summed E-state index contributed by atoms with van der Waals surface area (Å²) in [5.41, 5.74) is 0.989. The molecule has 2 heterocycles. The van der Waals surface area contributed by atoms with Gasteiger partial charge in [0, 0.05) is 11.8 Å². The fourth-order valence-corrected chi connectivity index (χ4v) is 1.83. The molecule has 0 bridgehead atoms. The minimum absolute atomic E-state index is 0.499. The van der Waals surface area contributed by atoms with Crippen LogP contribution >= 0.6 is 0 Å². The lowest BCUT2D eigenvalue weighted by Crippen LogP contribution is -2.02. The van der Waals surface area contributed by atoms with E-state index in [0.29, 0.717) is 18.3 Å². The van der Waals surface area contributed by atoms with Gasteiger partial charge in [0.05, 0.1) is 12.7 Å². The molecule has 5 nitrogen and oxygen atoms in total. The monoisotopic (exact) mass is 266 g/mol. The van der Waals surface area contributed by atoms with Gasteiger partial charge in [0.25, 0.3) is 0 Å². The van der Waals surface area contributed by atoms with Crippen LogP contribution in [-0.4, -0.2) is 15.0 Å². The Hall–Kier alpha value is -2.69. The van der Waals surface area contributed by atoms with Crippen molar-refractivity contribution in [3.05, 3.63) is 60.4 Å². The molecule has 0 radical (unpaired) electrons. The summed E-state index contributed by atoms with van der Waals surface area (Å²) >= 11 is 0. The molecule has 0 aliphatic heterocycles. The highest BCUT2D eigenvalue weighted by Gasteiger charge is 2.04. The minimum Gasteiger partial charge on any atom is -0.444 e. The smallest absolute Gasteiger partial charge is 0.213 e. The van der Waals surface area contributed by atoms with Crippen molar-refractivity contribution < 1.29 is 4.42 Å². The maximum atomic E-state index is 5.40. The third-order valence-electron chi connectivity index (χ3n) is 2.78. The van der Waals surface area contributed by atoms with Gasteiger partial charge in [-0.2, -0.15) is 0 Å². The number of hydrogen-bond acceptors (Lipinski definition) is 5. The van der Waals surface area contributed by atoms with E-state index in [1.165, 1.54) is 0 Å². The zero-order chi connectivity index (χ0) is 13.8. The zero-order valence-electron chi connectivity index (χ0n) is 11.1. The molecule has 3 aromatic rings. The molecule has 100 valence electrons. The molecule has 0 aliphatic rings. The standard InChI is InChI=1S/C15H14N4O/c1-11-9-18-14(20-11)10-17-13-7-8-16-15(19-13)12-5-3-2-4-6-12/h2-9H,10H2,1H3,(H,16,17,19). The van der Waals surface area contributed by atoms with Crippen molar-refractivity contribution in [3.63, 3.8) is 0 Å². The number of nitrogens with zero attached hydrogens (tertiary/aromatic N) is 3. The van der Waals surface area contributed by atoms with Crippen molar-refractivity contribution in [2.45, 2.75) is 13.5 Å². The molecule has 1 N–H and O–H groups in total. The molecule has 1 aromatic carbocycles. The maximum absolute atomic E-state index is 5.40. The highest BCUT2D eigenvalue weighted by atomic mass is 16.4. The van der Waals surface area contributed by atoms with E-state index in [0.717, 1.165) is 17.1 Å². The van der Waals surface area contributed by atoms with Crippen LogP contribution in [0.25, 0.3) is 11.4 Å². The van der Waals surface area contributed by atoms with Crippen LogP contribution in [0, 0.1) is 6.92 Å². The Kier molecular flexibility index (Phi) is 3.41. The Bertz CT molecular complexity index is 694. The first-order chi connectivity index (χ1) is 9.81. The third-order valence-corrected chi connectivity index (χ3v) is 2.78. The lowest BCUT2D eigenvalue weighted by atomic mass is 10.2. The lowest BCUT2D eigenvalue weighted by Gasteiger charge is -2.05. The molecule has 3 rings (SSSR count). The number of oxazole rings is 1. The second-order valence-corrected chi connectivity index (χ2v) is 4.35. The summed E-state index contributed by atoms with van der Waals surface area (Å²) < 4.78 is 5.40. The van der Waals surface area contributed by atoms with Crippen LogP contribution in [0.15, 0.2) is 53.2 Å². The van der Waals surface area contributed by atoms with Gasteiger partial charge in [0.2, 0.25) is 5.89 Å². The second-order valence-electron chi connectivity index (χ2n) is 4.35. The summed E-state index contributed by atoms with van der Waals surface area (Å²) in [6, 6.07) is 11.7. The number of hydrogen-bond donors (Lipinski definition) is 1. The molecule has 2 aromatic heterocycles. The maximum Gasteiger partial charge on any atom is 0.213 e. The van der Waals surface area contributed by atoms with Gasteiger partial charge in [-0.05, 0) is 13.0 Å². The Morgan fingerprint density at radius 3 is 2.70 bits per heavy atom. The predicted octanol–water partition coefficient (Wildman–Crippen LogP) is 3.05. The molecular weight excluding hydrogens is 252 g/mol. The number of aryl methyl sites for hydroxylation is 1. The molecule has 0 saturated heterocycles. The summed E-state index contributed by atoms with van der Waals surface area (Å²) in [7, 11) is 0. The molecule has 0 aliphatic carbocycles. The third kappa shape index (κ3) is 2.83. The van der Waals surface area contributed by atoms with Crippen LogP contribution < -0.4 is 5.32 Å². The number of benzene rings is 1. The van der Waals surface area contributed by atoms with Gasteiger partial charge >= 0.3 is 0 Å². The summed E-state index contributed by atoms with van der Waals surface area (Å²) in [5, 5.41) is 3.18. The van der Waals surface area contributed by atoms with Crippen molar-refractivity contribution >= 4 is 5.82 Å². The molecule has 20 heavy (non-hydrogen) atoms. The van der Waals surface area contributed by atoms with Gasteiger partial charge < -0.3 is 9.73 Å². The van der Waals surface area contributed by atoms with Crippen LogP contribution in [0.4, 0.5) is 5.82 Å². The normalized spacial score (nSPS) is 10.4. The van der Waals surface area contributed by atoms with Crippen LogP contribution in [0.3, 0.4) is 0 Å². The van der Waals surface area contributed by atoms with E-state index in [9.17, 15) is 0 Å². The summed E-state index contributed by atoms with van der Waals surface area (Å²) in [6.07, 6.45) is 3.44. The molecule has 0 amide bonds. The molecule has 0 fully saturated rings. The molecule has 0 spiro atoms. The van der Waals surface area contributed by atoms with Gasteiger partial charge in [0.15, 0.2) is 5.82 Å². The lowest BCUT2D eigenvalue weighted by molar-refractivity contribution is 0.479. The highest BCUT2D eigenvalue weighted by molar-refractivity contribution is 5.56. The first kappa shape index (κ1) is 12.3. The fourth-order valence-electron chi connectivity index (χ4n) is 1.83. The van der Waals surface area contributed by atoms with Crippen molar-refractivity contribution in [3.8, 4) is 11.4 Å². The first-order valence-electron chi connectivity index (χ1n) is 6.35. The van der Waals surface area contributed by atoms with Crippen molar-refractivity contribution in [2.24, 2.45) is 0 Å². The van der Waals surface area contributed by atoms with E-state index in [1.54, 1.807) is 12.4 Å². The zero-order valence-corrected chi connectivity index (χ0v) is 11.1. The Morgan fingerprint density at radius 1 is 1.10 bits per heavy atom. The van der Waals surface area contributed by atoms with Gasteiger partial charge in [-0.3, -0.25) is 0 Å². The highest BCUT2D eigenvalue weighted by Crippen LogP contribution is 2.15. The largest absolute Gasteiger partial charge is 0.444 e. The number of anilines is 1. The molecule has 5 heteroatoms. The van der Waals surface area contributed by atoms with Crippen molar-refractivity contribution in [2.75, 3.05) is 5.32 Å². The van der Waals surface area contributed by atoms with Crippen LogP contribution in [0.1, 0.15) is 11.7 Å². The Morgan fingerprint density at radius 2 is 1.95 bits per heavy atom. The topological polar surface area (TPSA) is 63.8 Å². The van der Waals surface area contributed by atoms with E-state index in [2.05, 4.69) is 20.3 Å². The van der Waals surface area contributed by atoms with Crippen LogP contribution in [0.2, 0.25) is 0 Å². The Balaban J connectivity index is 1.75. The summed E-state index contributed by atoms with van der Waals surface area (Å²) in [6.45, 7) is 2.37. The van der Waals surface area contributed by atoms with E-state index in [4.69, 9.17) is 4.42 Å². The van der Waals surface area contributed by atoms with E-state index < -0.39 is 0 Å². The minimum atomic E-state index is 0.499. The van der Waals surface area contributed by atoms with Gasteiger partial charge in [-0.1, -0.05) is 30.3 Å². The Labute approximate surface area is 116 Å². The van der Waals surface area contributed by atoms with Crippen LogP contribution in [0.5, 0.6) is 0 Å². The number of nitrogens with one attached hydrogen (secondary N) is 1. The molecule has 0 atom stereocenters. The SMILES string of the molecule is Cc1cnc(CNc2ccnc(-c3ccccc3)n2)o1. The second kappa shape index (κ2) is 5.52. The first-order valence-corrected chi connectivity index (χ1v) is 6.35. The van der Waals surface area contributed by atoms with E-state index in [1.807, 2.05) is 43.3 Å². The molecular formula is C15H14N4O. The average molecular weight is 266 g/mol. The predicted molar refractivity (Wildman–Crippen MR) is 76.0 cm³/mol. The van der Waals surface area contributed by atoms with Crippen LogP contribution in [-0.2, 0) is 6.54 Å². The number of rotatable bonds is 4. The molecule has 0 unspecified atom stereocenters. The molecule has 0 saturated carbocycles. The van der Waals surface area contributed by atoms with Crippen molar-refractivity contribution in [1.82, 2.24) is 15.0 Å². The summed E-state index contributed by atoms with van der Waals surface area (Å²) in [4.78, 5) is 12.9. The quantitative estimate of drug-likeness (QED) is 0.786. The van der Waals surface area contributed by atoms with Gasteiger partial charge in [0.1, 0.15) is 11.6 Å². The van der Waals surface area contributed by atoms with Crippen molar-refractivity contribution in [1.29, 1.82) is 0 Å². The van der Waals surface area contributed by atoms with Gasteiger partial charge in [-0.15, -0.1) is 0 Å². The van der Waals surface area contributed by atoms with E-state index >= 15 is 0 Å².